The molecule has 0 fully saturated rings. The van der Waals surface area contributed by atoms with Crippen LogP contribution in [-0.2, 0) is 6.54 Å². The van der Waals surface area contributed by atoms with Crippen LogP contribution in [0.4, 0.5) is 4.39 Å². The van der Waals surface area contributed by atoms with Crippen molar-refractivity contribution in [3.8, 4) is 11.5 Å². The predicted molar refractivity (Wildman–Crippen MR) is 84.8 cm³/mol. The molecule has 0 heterocycles. The van der Waals surface area contributed by atoms with Crippen LogP contribution in [0.5, 0.6) is 11.5 Å². The molecule has 4 heteroatoms. The first kappa shape index (κ1) is 15.8. The highest BCUT2D eigenvalue weighted by atomic mass is 35.5. The summed E-state index contributed by atoms with van der Waals surface area (Å²) >= 11 is 6.12. The van der Waals surface area contributed by atoms with Crippen LogP contribution in [-0.4, -0.2) is 6.54 Å². The molecule has 0 atom stereocenters. The Morgan fingerprint density at radius 3 is 2.38 bits per heavy atom. The predicted octanol–water partition coefficient (Wildman–Crippen LogP) is 5.00. The molecule has 1 N–H and O–H groups in total. The van der Waals surface area contributed by atoms with Gasteiger partial charge in [0.15, 0.2) is 11.6 Å². The summed E-state index contributed by atoms with van der Waals surface area (Å²) in [5, 5.41) is 3.87. The molecule has 0 amide bonds. The molecule has 0 aromatic heterocycles. The third-order valence-corrected chi connectivity index (χ3v) is 3.81. The number of rotatable bonds is 5. The topological polar surface area (TPSA) is 21.3 Å². The van der Waals surface area contributed by atoms with E-state index < -0.39 is 0 Å². The van der Waals surface area contributed by atoms with Crippen LogP contribution in [0.15, 0.2) is 30.3 Å². The Hall–Kier alpha value is -1.58. The van der Waals surface area contributed by atoms with E-state index in [2.05, 4.69) is 5.32 Å². The molecule has 0 unspecified atom stereocenters. The minimum absolute atomic E-state index is 0.219. The molecule has 0 spiro atoms. The van der Waals surface area contributed by atoms with Crippen molar-refractivity contribution in [2.24, 2.45) is 0 Å². The number of aryl methyl sites for hydroxylation is 2. The zero-order valence-corrected chi connectivity index (χ0v) is 13.2. The second kappa shape index (κ2) is 6.92. The van der Waals surface area contributed by atoms with Crippen molar-refractivity contribution in [2.45, 2.75) is 27.3 Å². The first-order valence-corrected chi connectivity index (χ1v) is 7.32. The van der Waals surface area contributed by atoms with Crippen molar-refractivity contribution < 1.29 is 9.13 Å². The van der Waals surface area contributed by atoms with Gasteiger partial charge in [0.1, 0.15) is 5.75 Å². The maximum Gasteiger partial charge on any atom is 0.166 e. The molecule has 2 aromatic rings. The summed E-state index contributed by atoms with van der Waals surface area (Å²) < 4.78 is 19.7. The summed E-state index contributed by atoms with van der Waals surface area (Å²) in [5.74, 6) is 0.444. The highest BCUT2D eigenvalue weighted by Gasteiger charge is 2.09. The molecule has 0 aliphatic rings. The summed E-state index contributed by atoms with van der Waals surface area (Å²) in [6.07, 6.45) is 0. The van der Waals surface area contributed by atoms with Crippen molar-refractivity contribution in [2.75, 3.05) is 6.54 Å². The van der Waals surface area contributed by atoms with Gasteiger partial charge in [-0.2, -0.15) is 0 Å². The average Bonchev–Trinajstić information content (AvgIpc) is 2.45. The van der Waals surface area contributed by atoms with Gasteiger partial charge in [-0.1, -0.05) is 24.6 Å². The molecule has 2 nitrogen and oxygen atoms in total. The van der Waals surface area contributed by atoms with Gasteiger partial charge in [-0.15, -0.1) is 0 Å². The van der Waals surface area contributed by atoms with Gasteiger partial charge >= 0.3 is 0 Å². The van der Waals surface area contributed by atoms with E-state index in [0.29, 0.717) is 17.3 Å². The van der Waals surface area contributed by atoms with Crippen molar-refractivity contribution in [3.63, 3.8) is 0 Å². The minimum atomic E-state index is -0.365. The van der Waals surface area contributed by atoms with Gasteiger partial charge in [-0.25, -0.2) is 4.39 Å². The molecular formula is C17H19ClFNO. The number of halogens is 2. The Balaban J connectivity index is 2.20. The van der Waals surface area contributed by atoms with Gasteiger partial charge in [-0.3, -0.25) is 0 Å². The van der Waals surface area contributed by atoms with Crippen LogP contribution < -0.4 is 10.1 Å². The van der Waals surface area contributed by atoms with Crippen LogP contribution in [0.1, 0.15) is 23.6 Å². The molecule has 0 saturated carbocycles. The Labute approximate surface area is 129 Å². The van der Waals surface area contributed by atoms with E-state index in [1.54, 1.807) is 18.2 Å². The van der Waals surface area contributed by atoms with E-state index in [9.17, 15) is 4.39 Å². The summed E-state index contributed by atoms with van der Waals surface area (Å²) in [6.45, 7) is 7.31. The monoisotopic (exact) mass is 307 g/mol. The van der Waals surface area contributed by atoms with Crippen LogP contribution in [0.3, 0.4) is 0 Å². The number of ether oxygens (including phenoxy) is 1. The molecule has 2 rings (SSSR count). The van der Waals surface area contributed by atoms with Gasteiger partial charge < -0.3 is 10.1 Å². The van der Waals surface area contributed by atoms with Crippen molar-refractivity contribution in [1.29, 1.82) is 0 Å². The third-order valence-electron chi connectivity index (χ3n) is 3.21. The Morgan fingerprint density at radius 1 is 1.14 bits per heavy atom. The molecule has 112 valence electrons. The summed E-state index contributed by atoms with van der Waals surface area (Å²) in [4.78, 5) is 0. The molecule has 0 saturated heterocycles. The van der Waals surface area contributed by atoms with E-state index in [4.69, 9.17) is 16.3 Å². The highest BCUT2D eigenvalue weighted by molar-refractivity contribution is 6.32. The second-order valence-electron chi connectivity index (χ2n) is 5.02. The Morgan fingerprint density at radius 2 is 1.81 bits per heavy atom. The maximum absolute atomic E-state index is 14.1. The molecular weight excluding hydrogens is 289 g/mol. The van der Waals surface area contributed by atoms with Crippen molar-refractivity contribution in [1.82, 2.24) is 5.32 Å². The normalized spacial score (nSPS) is 10.7. The van der Waals surface area contributed by atoms with Gasteiger partial charge in [0.05, 0.1) is 0 Å². The zero-order valence-electron chi connectivity index (χ0n) is 12.5. The highest BCUT2D eigenvalue weighted by Crippen LogP contribution is 2.30. The minimum Gasteiger partial charge on any atom is -0.454 e. The van der Waals surface area contributed by atoms with E-state index in [-0.39, 0.29) is 11.6 Å². The lowest BCUT2D eigenvalue weighted by molar-refractivity contribution is 0.441. The summed E-state index contributed by atoms with van der Waals surface area (Å²) in [6, 6.07) is 8.62. The lowest BCUT2D eigenvalue weighted by Crippen LogP contribution is -2.11. The van der Waals surface area contributed by atoms with Crippen molar-refractivity contribution >= 4 is 11.6 Å². The largest absolute Gasteiger partial charge is 0.454 e. The molecule has 0 aliphatic heterocycles. The van der Waals surface area contributed by atoms with Crippen LogP contribution >= 0.6 is 11.6 Å². The molecule has 0 bridgehead atoms. The second-order valence-corrected chi connectivity index (χ2v) is 5.40. The van der Waals surface area contributed by atoms with Gasteiger partial charge in [0.2, 0.25) is 0 Å². The van der Waals surface area contributed by atoms with Gasteiger partial charge in [0.25, 0.3) is 0 Å². The first-order valence-electron chi connectivity index (χ1n) is 6.95. The lowest BCUT2D eigenvalue weighted by atomic mass is 10.1. The van der Waals surface area contributed by atoms with Crippen LogP contribution in [0.25, 0.3) is 0 Å². The molecule has 0 radical (unpaired) electrons. The molecule has 21 heavy (non-hydrogen) atoms. The molecule has 0 aliphatic carbocycles. The molecule has 2 aromatic carbocycles. The fourth-order valence-electron chi connectivity index (χ4n) is 2.10. The fourth-order valence-corrected chi connectivity index (χ4v) is 2.21. The average molecular weight is 308 g/mol. The van der Waals surface area contributed by atoms with Crippen molar-refractivity contribution in [3.05, 3.63) is 57.9 Å². The Bertz CT molecular complexity index is 620. The Kier molecular flexibility index (Phi) is 5.21. The first-order chi connectivity index (χ1) is 10.0. The summed E-state index contributed by atoms with van der Waals surface area (Å²) in [7, 11) is 0. The van der Waals surface area contributed by atoms with Gasteiger partial charge in [-0.05, 0) is 61.3 Å². The van der Waals surface area contributed by atoms with E-state index in [0.717, 1.165) is 23.2 Å². The van der Waals surface area contributed by atoms with E-state index in [1.807, 2.05) is 26.8 Å². The summed E-state index contributed by atoms with van der Waals surface area (Å²) in [5.41, 5.74) is 2.72. The number of hydrogen-bond donors (Lipinski definition) is 1. The van der Waals surface area contributed by atoms with E-state index >= 15 is 0 Å². The fraction of sp³-hybridized carbons (Fsp3) is 0.294. The van der Waals surface area contributed by atoms with Crippen LogP contribution in [0, 0.1) is 19.7 Å². The van der Waals surface area contributed by atoms with Crippen LogP contribution in [0.2, 0.25) is 5.02 Å². The third kappa shape index (κ3) is 3.96. The van der Waals surface area contributed by atoms with E-state index in [1.165, 1.54) is 6.07 Å². The lowest BCUT2D eigenvalue weighted by Gasteiger charge is -2.11. The number of benzene rings is 2. The van der Waals surface area contributed by atoms with Gasteiger partial charge in [0, 0.05) is 11.6 Å². The number of nitrogens with one attached hydrogen (secondary N) is 1. The quantitative estimate of drug-likeness (QED) is 0.839. The standard InChI is InChI=1S/C17H19ClFNO/c1-4-20-10-13-5-6-16(15(19)9-13)21-14-7-11(2)17(18)12(3)8-14/h5-9,20H,4,10H2,1-3H3. The maximum atomic E-state index is 14.1. The SMILES string of the molecule is CCNCc1ccc(Oc2cc(C)c(Cl)c(C)c2)c(F)c1. The number of hydrogen-bond acceptors (Lipinski definition) is 2. The smallest absolute Gasteiger partial charge is 0.166 e. The zero-order chi connectivity index (χ0) is 15.4.